The fourth-order valence-corrected chi connectivity index (χ4v) is 0.899. The minimum atomic E-state index is -0.486. The van der Waals surface area contributed by atoms with Crippen molar-refractivity contribution in [3.63, 3.8) is 0 Å². The molecule has 0 spiro atoms. The van der Waals surface area contributed by atoms with E-state index in [0.29, 0.717) is 0 Å². The fourth-order valence-electron chi connectivity index (χ4n) is 0.899. The Hall–Kier alpha value is -1.59. The third-order valence-corrected chi connectivity index (χ3v) is 1.36. The van der Waals surface area contributed by atoms with Gasteiger partial charge in [-0.25, -0.2) is 0 Å². The number of hydrogen-bond acceptors (Lipinski definition) is 5. The van der Waals surface area contributed by atoms with Crippen molar-refractivity contribution in [1.29, 1.82) is 0 Å². The van der Waals surface area contributed by atoms with Gasteiger partial charge in [0.05, 0.1) is 0 Å². The first-order valence-corrected chi connectivity index (χ1v) is 4.23. The van der Waals surface area contributed by atoms with Crippen LogP contribution in [0, 0.1) is 0 Å². The minimum absolute atomic E-state index is 0.0378. The highest BCUT2D eigenvalue weighted by atomic mass is 16.6. The van der Waals surface area contributed by atoms with E-state index in [2.05, 4.69) is 10.2 Å². The van der Waals surface area contributed by atoms with E-state index in [9.17, 15) is 4.79 Å². The van der Waals surface area contributed by atoms with E-state index in [1.165, 1.54) is 10.9 Å². The van der Waals surface area contributed by atoms with Gasteiger partial charge >= 0.3 is 5.97 Å². The number of carbonyl (C=O) groups excluding carboxylic acids is 1. The Balaban J connectivity index is 2.54. The van der Waals surface area contributed by atoms with Crippen LogP contribution in [0.3, 0.4) is 0 Å². The number of nitrogen functional groups attached to an aromatic ring is 1. The summed E-state index contributed by atoms with van der Waals surface area (Å²) in [5.74, 6) is -0.153. The lowest BCUT2D eigenvalue weighted by Crippen LogP contribution is -2.26. The molecule has 2 N–H and O–H groups in total. The quantitative estimate of drug-likeness (QED) is 0.686. The maximum atomic E-state index is 11.3. The van der Waals surface area contributed by atoms with Crippen LogP contribution in [-0.2, 0) is 16.1 Å². The van der Waals surface area contributed by atoms with Gasteiger partial charge in [0.25, 0.3) is 0 Å². The van der Waals surface area contributed by atoms with Crippen molar-refractivity contribution in [2.45, 2.75) is 32.9 Å². The van der Waals surface area contributed by atoms with Gasteiger partial charge in [-0.15, -0.1) is 10.2 Å². The third kappa shape index (κ3) is 3.04. The molecule has 1 heterocycles. The van der Waals surface area contributed by atoms with Gasteiger partial charge in [-0.1, -0.05) is 0 Å². The highest BCUT2D eigenvalue weighted by Crippen LogP contribution is 2.08. The number of nitrogens with zero attached hydrogens (tertiary/aromatic N) is 3. The monoisotopic (exact) mass is 198 g/mol. The van der Waals surface area contributed by atoms with Crippen LogP contribution >= 0.6 is 0 Å². The topological polar surface area (TPSA) is 83.0 Å². The molecule has 0 unspecified atom stereocenters. The second-order valence-electron chi connectivity index (χ2n) is 3.90. The minimum Gasteiger partial charge on any atom is -0.459 e. The molecular weight excluding hydrogens is 184 g/mol. The Morgan fingerprint density at radius 3 is 2.71 bits per heavy atom. The molecule has 0 aliphatic carbocycles. The van der Waals surface area contributed by atoms with Gasteiger partial charge < -0.3 is 10.5 Å². The van der Waals surface area contributed by atoms with Crippen molar-refractivity contribution < 1.29 is 9.53 Å². The predicted octanol–water partition coefficient (Wildman–Crippen LogP) is 0.202. The summed E-state index contributed by atoms with van der Waals surface area (Å²) in [4.78, 5) is 11.3. The molecule has 0 aliphatic heterocycles. The Morgan fingerprint density at radius 2 is 2.29 bits per heavy atom. The van der Waals surface area contributed by atoms with Crippen molar-refractivity contribution >= 4 is 11.9 Å². The summed E-state index contributed by atoms with van der Waals surface area (Å²) in [5.41, 5.74) is 4.95. The maximum absolute atomic E-state index is 11.3. The number of anilines is 1. The summed E-state index contributed by atoms with van der Waals surface area (Å²) in [7, 11) is 0. The number of rotatable bonds is 2. The lowest BCUT2D eigenvalue weighted by molar-refractivity contribution is -0.155. The first-order chi connectivity index (χ1) is 6.38. The molecule has 0 amide bonds. The van der Waals surface area contributed by atoms with E-state index in [4.69, 9.17) is 10.5 Å². The zero-order valence-corrected chi connectivity index (χ0v) is 8.52. The van der Waals surface area contributed by atoms with Gasteiger partial charge in [0.1, 0.15) is 18.5 Å². The predicted molar refractivity (Wildman–Crippen MR) is 50.3 cm³/mol. The van der Waals surface area contributed by atoms with Gasteiger partial charge in [-0.05, 0) is 20.8 Å². The number of ether oxygens (including phenoxy) is 1. The molecule has 6 heteroatoms. The molecule has 1 rings (SSSR count). The van der Waals surface area contributed by atoms with Crippen LogP contribution < -0.4 is 5.73 Å². The molecule has 0 atom stereocenters. The Bertz CT molecular complexity index is 326. The molecule has 0 aliphatic rings. The normalized spacial score (nSPS) is 11.4. The summed E-state index contributed by atoms with van der Waals surface area (Å²) >= 11 is 0. The van der Waals surface area contributed by atoms with Crippen molar-refractivity contribution in [2.24, 2.45) is 0 Å². The molecule has 14 heavy (non-hydrogen) atoms. The second-order valence-corrected chi connectivity index (χ2v) is 3.90. The van der Waals surface area contributed by atoms with Crippen LogP contribution in [0.25, 0.3) is 0 Å². The Kier molecular flexibility index (Phi) is 2.73. The van der Waals surface area contributed by atoms with Gasteiger partial charge in [0.2, 0.25) is 5.95 Å². The number of aromatic nitrogens is 3. The lowest BCUT2D eigenvalue weighted by atomic mass is 10.2. The first-order valence-electron chi connectivity index (χ1n) is 4.23. The molecule has 1 aromatic rings. The standard InChI is InChI=1S/C8H14N4O2/c1-8(2,3)14-6(13)4-12-5-10-11-7(12)9/h5H,4H2,1-3H3,(H2,9,11). The lowest BCUT2D eigenvalue weighted by Gasteiger charge is -2.19. The Morgan fingerprint density at radius 1 is 1.64 bits per heavy atom. The van der Waals surface area contributed by atoms with E-state index in [1.807, 2.05) is 0 Å². The zero-order chi connectivity index (χ0) is 10.8. The summed E-state index contributed by atoms with van der Waals surface area (Å²) in [6.45, 7) is 5.46. The number of nitrogens with two attached hydrogens (primary N) is 1. The van der Waals surface area contributed by atoms with Gasteiger partial charge in [0, 0.05) is 0 Å². The average molecular weight is 198 g/mol. The fraction of sp³-hybridized carbons (Fsp3) is 0.625. The van der Waals surface area contributed by atoms with E-state index in [0.717, 1.165) is 0 Å². The number of esters is 1. The highest BCUT2D eigenvalue weighted by molar-refractivity contribution is 5.70. The van der Waals surface area contributed by atoms with E-state index in [-0.39, 0.29) is 18.5 Å². The smallest absolute Gasteiger partial charge is 0.326 e. The molecule has 0 bridgehead atoms. The SMILES string of the molecule is CC(C)(C)OC(=O)Cn1cnnc1N. The summed E-state index contributed by atoms with van der Waals surface area (Å²) in [5, 5.41) is 7.10. The molecule has 0 saturated carbocycles. The summed E-state index contributed by atoms with van der Waals surface area (Å²) in [6.07, 6.45) is 1.39. The molecule has 0 saturated heterocycles. The molecule has 0 aromatic carbocycles. The van der Waals surface area contributed by atoms with Crippen molar-refractivity contribution in [3.8, 4) is 0 Å². The Labute approximate surface area is 82.1 Å². The molecule has 1 aromatic heterocycles. The van der Waals surface area contributed by atoms with Crippen LogP contribution in [-0.4, -0.2) is 26.3 Å². The number of carbonyl (C=O) groups is 1. The highest BCUT2D eigenvalue weighted by Gasteiger charge is 2.17. The average Bonchev–Trinajstić information content (AvgIpc) is 2.32. The van der Waals surface area contributed by atoms with Crippen molar-refractivity contribution in [1.82, 2.24) is 14.8 Å². The van der Waals surface area contributed by atoms with Crippen LogP contribution in [0.15, 0.2) is 6.33 Å². The van der Waals surface area contributed by atoms with E-state index in [1.54, 1.807) is 20.8 Å². The molecule has 6 nitrogen and oxygen atoms in total. The summed E-state index contributed by atoms with van der Waals surface area (Å²) < 4.78 is 6.52. The molecule has 0 radical (unpaired) electrons. The second kappa shape index (κ2) is 3.65. The van der Waals surface area contributed by atoms with Crippen LogP contribution in [0.1, 0.15) is 20.8 Å². The van der Waals surface area contributed by atoms with E-state index < -0.39 is 5.60 Å². The van der Waals surface area contributed by atoms with Crippen LogP contribution in [0.5, 0.6) is 0 Å². The van der Waals surface area contributed by atoms with E-state index >= 15 is 0 Å². The maximum Gasteiger partial charge on any atom is 0.326 e. The third-order valence-electron chi connectivity index (χ3n) is 1.36. The van der Waals surface area contributed by atoms with Crippen molar-refractivity contribution in [3.05, 3.63) is 6.33 Å². The van der Waals surface area contributed by atoms with Crippen LogP contribution in [0.4, 0.5) is 5.95 Å². The summed E-state index contributed by atoms with van der Waals surface area (Å²) in [6, 6.07) is 0. The number of hydrogen-bond donors (Lipinski definition) is 1. The van der Waals surface area contributed by atoms with Gasteiger partial charge in [-0.2, -0.15) is 0 Å². The van der Waals surface area contributed by atoms with Gasteiger partial charge in [0.15, 0.2) is 0 Å². The van der Waals surface area contributed by atoms with Crippen LogP contribution in [0.2, 0.25) is 0 Å². The van der Waals surface area contributed by atoms with Crippen molar-refractivity contribution in [2.75, 3.05) is 5.73 Å². The first kappa shape index (κ1) is 10.5. The zero-order valence-electron chi connectivity index (χ0n) is 8.52. The molecule has 0 fully saturated rings. The largest absolute Gasteiger partial charge is 0.459 e. The molecular formula is C8H14N4O2. The van der Waals surface area contributed by atoms with Gasteiger partial charge in [-0.3, -0.25) is 9.36 Å². The molecule has 78 valence electrons.